The first kappa shape index (κ1) is 14.8. The van der Waals surface area contributed by atoms with Gasteiger partial charge in [0.05, 0.1) is 11.9 Å². The minimum absolute atomic E-state index is 0.391. The van der Waals surface area contributed by atoms with Crippen molar-refractivity contribution in [2.75, 3.05) is 18.5 Å². The summed E-state index contributed by atoms with van der Waals surface area (Å²) < 4.78 is 7.22. The molecule has 1 saturated heterocycles. The summed E-state index contributed by atoms with van der Waals surface area (Å²) in [5.74, 6) is 0.832. The first-order valence-electron chi connectivity index (χ1n) is 8.08. The second-order valence-corrected chi connectivity index (χ2v) is 5.90. The summed E-state index contributed by atoms with van der Waals surface area (Å²) in [7, 11) is 0. The van der Waals surface area contributed by atoms with E-state index in [1.807, 2.05) is 28.8 Å². The number of nitrogens with one attached hydrogen (secondary N) is 1. The van der Waals surface area contributed by atoms with Gasteiger partial charge in [-0.1, -0.05) is 24.3 Å². The quantitative estimate of drug-likeness (QED) is 0.748. The molecule has 1 fully saturated rings. The van der Waals surface area contributed by atoms with Gasteiger partial charge in [0.25, 0.3) is 0 Å². The van der Waals surface area contributed by atoms with Crippen molar-refractivity contribution < 1.29 is 9.53 Å². The van der Waals surface area contributed by atoms with E-state index in [9.17, 15) is 4.79 Å². The second-order valence-electron chi connectivity index (χ2n) is 5.90. The van der Waals surface area contributed by atoms with E-state index in [4.69, 9.17) is 4.74 Å². The normalized spacial score (nSPS) is 15.5. The van der Waals surface area contributed by atoms with Crippen molar-refractivity contribution in [3.63, 3.8) is 0 Å². The molecule has 0 unspecified atom stereocenters. The van der Waals surface area contributed by atoms with E-state index < -0.39 is 0 Å². The topological polar surface area (TPSA) is 68.5 Å². The van der Waals surface area contributed by atoms with Crippen LogP contribution < -0.4 is 5.32 Å². The summed E-state index contributed by atoms with van der Waals surface area (Å²) in [6, 6.07) is 11.7. The Hall–Kier alpha value is -2.73. The van der Waals surface area contributed by atoms with Crippen LogP contribution in [0.1, 0.15) is 23.2 Å². The van der Waals surface area contributed by atoms with Gasteiger partial charge in [-0.05, 0) is 25.0 Å². The highest BCUT2D eigenvalue weighted by atomic mass is 16.5. The van der Waals surface area contributed by atoms with Gasteiger partial charge in [0.15, 0.2) is 5.65 Å². The van der Waals surface area contributed by atoms with Gasteiger partial charge in [0.2, 0.25) is 0 Å². The molecule has 0 aliphatic carbocycles. The Bertz CT molecular complexity index is 851. The third-order valence-electron chi connectivity index (χ3n) is 4.28. The molecule has 1 aromatic carbocycles. The number of carbonyl (C=O) groups excluding carboxylic acids is 1. The fraction of sp³-hybridized carbons (Fsp3) is 0.278. The molecule has 0 atom stereocenters. The van der Waals surface area contributed by atoms with E-state index in [-0.39, 0.29) is 0 Å². The Kier molecular flexibility index (Phi) is 3.96. The van der Waals surface area contributed by atoms with Gasteiger partial charge < -0.3 is 10.1 Å². The van der Waals surface area contributed by atoms with E-state index in [1.54, 1.807) is 18.3 Å². The summed E-state index contributed by atoms with van der Waals surface area (Å²) in [5.41, 5.74) is 3.33. The van der Waals surface area contributed by atoms with Crippen LogP contribution in [0.4, 0.5) is 5.82 Å². The first-order chi connectivity index (χ1) is 11.8. The van der Waals surface area contributed by atoms with Crippen molar-refractivity contribution in [3.8, 4) is 11.3 Å². The van der Waals surface area contributed by atoms with Gasteiger partial charge in [-0.25, -0.2) is 9.50 Å². The Morgan fingerprint density at radius 3 is 2.67 bits per heavy atom. The van der Waals surface area contributed by atoms with Gasteiger partial charge >= 0.3 is 0 Å². The molecule has 6 nitrogen and oxygen atoms in total. The number of benzene rings is 1. The number of ether oxygens (including phenoxy) is 1. The monoisotopic (exact) mass is 322 g/mol. The van der Waals surface area contributed by atoms with Gasteiger partial charge in [0, 0.05) is 30.4 Å². The van der Waals surface area contributed by atoms with Crippen molar-refractivity contribution in [1.29, 1.82) is 0 Å². The zero-order valence-electron chi connectivity index (χ0n) is 13.2. The SMILES string of the molecule is O=Cc1ccc(-c2cnc3ccc(NC4CCOCC4)nn23)cc1. The van der Waals surface area contributed by atoms with Gasteiger partial charge in [0.1, 0.15) is 12.1 Å². The molecule has 0 saturated carbocycles. The fourth-order valence-corrected chi connectivity index (χ4v) is 2.93. The Balaban J connectivity index is 1.65. The average Bonchev–Trinajstić information content (AvgIpc) is 3.06. The smallest absolute Gasteiger partial charge is 0.154 e. The van der Waals surface area contributed by atoms with Crippen LogP contribution in [0.2, 0.25) is 0 Å². The molecule has 0 amide bonds. The summed E-state index contributed by atoms with van der Waals surface area (Å²) in [6.07, 6.45) is 4.62. The van der Waals surface area contributed by atoms with Crippen LogP contribution in [-0.2, 0) is 4.74 Å². The molecule has 6 heteroatoms. The number of rotatable bonds is 4. The number of fused-ring (bicyclic) bond motifs is 1. The number of imidazole rings is 1. The van der Waals surface area contributed by atoms with Crippen LogP contribution in [-0.4, -0.2) is 40.1 Å². The number of anilines is 1. The zero-order chi connectivity index (χ0) is 16.4. The number of aromatic nitrogens is 3. The van der Waals surface area contributed by atoms with Crippen molar-refractivity contribution in [2.45, 2.75) is 18.9 Å². The number of carbonyl (C=O) groups is 1. The Labute approximate surface area is 139 Å². The third kappa shape index (κ3) is 2.88. The van der Waals surface area contributed by atoms with Crippen molar-refractivity contribution in [1.82, 2.24) is 14.6 Å². The van der Waals surface area contributed by atoms with Gasteiger partial charge in [-0.3, -0.25) is 4.79 Å². The number of hydrogen-bond acceptors (Lipinski definition) is 5. The van der Waals surface area contributed by atoms with Crippen molar-refractivity contribution >= 4 is 17.8 Å². The lowest BCUT2D eigenvalue weighted by Crippen LogP contribution is -2.28. The predicted molar refractivity (Wildman–Crippen MR) is 91.3 cm³/mol. The van der Waals surface area contributed by atoms with E-state index in [1.165, 1.54) is 0 Å². The molecule has 1 aliphatic heterocycles. The van der Waals surface area contributed by atoms with E-state index >= 15 is 0 Å². The van der Waals surface area contributed by atoms with E-state index in [0.29, 0.717) is 11.6 Å². The molecule has 1 N–H and O–H groups in total. The Morgan fingerprint density at radius 2 is 1.92 bits per heavy atom. The highest BCUT2D eigenvalue weighted by molar-refractivity contribution is 5.76. The molecule has 0 radical (unpaired) electrons. The lowest BCUT2D eigenvalue weighted by Gasteiger charge is -2.23. The summed E-state index contributed by atoms with van der Waals surface area (Å²) in [5, 5.41) is 8.15. The molecule has 4 rings (SSSR count). The van der Waals surface area contributed by atoms with Crippen LogP contribution in [0.3, 0.4) is 0 Å². The maximum Gasteiger partial charge on any atom is 0.154 e. The summed E-state index contributed by atoms with van der Waals surface area (Å²) in [4.78, 5) is 15.2. The zero-order valence-corrected chi connectivity index (χ0v) is 13.2. The minimum atomic E-state index is 0.391. The van der Waals surface area contributed by atoms with Crippen LogP contribution >= 0.6 is 0 Å². The molecule has 3 aromatic rings. The standard InChI is InChI=1S/C18H18N4O2/c23-12-13-1-3-14(4-2-13)16-11-19-18-6-5-17(21-22(16)18)20-15-7-9-24-10-8-15/h1-6,11-12,15H,7-10H2,(H,20,21). The highest BCUT2D eigenvalue weighted by Crippen LogP contribution is 2.22. The fourth-order valence-electron chi connectivity index (χ4n) is 2.93. The number of aldehydes is 1. The average molecular weight is 322 g/mol. The molecule has 1 aliphatic rings. The predicted octanol–water partition coefficient (Wildman–Crippen LogP) is 2.80. The number of hydrogen-bond donors (Lipinski definition) is 1. The van der Waals surface area contributed by atoms with Crippen molar-refractivity contribution in [2.24, 2.45) is 0 Å². The van der Waals surface area contributed by atoms with Crippen LogP contribution in [0.15, 0.2) is 42.6 Å². The second kappa shape index (κ2) is 6.41. The van der Waals surface area contributed by atoms with E-state index in [2.05, 4.69) is 15.4 Å². The van der Waals surface area contributed by atoms with Crippen LogP contribution in [0.25, 0.3) is 16.9 Å². The highest BCUT2D eigenvalue weighted by Gasteiger charge is 2.15. The summed E-state index contributed by atoms with van der Waals surface area (Å²) >= 11 is 0. The third-order valence-corrected chi connectivity index (χ3v) is 4.28. The van der Waals surface area contributed by atoms with Crippen LogP contribution in [0.5, 0.6) is 0 Å². The number of nitrogens with zero attached hydrogens (tertiary/aromatic N) is 3. The molecular formula is C18H18N4O2. The molecule has 2 aromatic heterocycles. The lowest BCUT2D eigenvalue weighted by atomic mass is 10.1. The first-order valence-corrected chi connectivity index (χ1v) is 8.08. The molecular weight excluding hydrogens is 304 g/mol. The molecule has 0 spiro atoms. The molecule has 122 valence electrons. The largest absolute Gasteiger partial charge is 0.381 e. The van der Waals surface area contributed by atoms with E-state index in [0.717, 1.165) is 55.1 Å². The van der Waals surface area contributed by atoms with Crippen molar-refractivity contribution in [3.05, 3.63) is 48.2 Å². The molecule has 3 heterocycles. The van der Waals surface area contributed by atoms with Gasteiger partial charge in [-0.15, -0.1) is 5.10 Å². The Morgan fingerprint density at radius 1 is 1.12 bits per heavy atom. The minimum Gasteiger partial charge on any atom is -0.381 e. The molecule has 24 heavy (non-hydrogen) atoms. The molecule has 0 bridgehead atoms. The summed E-state index contributed by atoms with van der Waals surface area (Å²) in [6.45, 7) is 1.58. The van der Waals surface area contributed by atoms with Crippen LogP contribution in [0, 0.1) is 0 Å². The lowest BCUT2D eigenvalue weighted by molar-refractivity contribution is 0.0903. The van der Waals surface area contributed by atoms with Gasteiger partial charge in [-0.2, -0.15) is 0 Å². The maximum atomic E-state index is 10.8. The maximum absolute atomic E-state index is 10.8.